The molecular weight excluding hydrogens is 761 g/mol. The molecule has 0 aliphatic carbocycles. The molecule has 0 fully saturated rings. The summed E-state index contributed by atoms with van der Waals surface area (Å²) in [6.45, 7) is 6.10. The number of benzene rings is 9. The Hall–Kier alpha value is -8.20. The van der Waals surface area contributed by atoms with E-state index in [1.807, 2.05) is 6.08 Å². The highest BCUT2D eigenvalue weighted by Crippen LogP contribution is 2.41. The van der Waals surface area contributed by atoms with Gasteiger partial charge in [0.05, 0.1) is 22.1 Å². The Bertz CT molecular complexity index is 3510. The Balaban J connectivity index is 1.11. The Morgan fingerprint density at radius 2 is 0.825 bits per heavy atom. The van der Waals surface area contributed by atoms with E-state index in [-0.39, 0.29) is 0 Å². The van der Waals surface area contributed by atoms with Crippen LogP contribution in [0, 0.1) is 0 Å². The predicted octanol–water partition coefficient (Wildman–Crippen LogP) is 16.7. The van der Waals surface area contributed by atoms with Gasteiger partial charge in [-0.1, -0.05) is 176 Å². The van der Waals surface area contributed by atoms with E-state index >= 15 is 0 Å². The number of fused-ring (bicyclic) bond motifs is 6. The molecule has 0 aliphatic heterocycles. The lowest BCUT2D eigenvalue weighted by molar-refractivity contribution is 1.18. The van der Waals surface area contributed by atoms with Gasteiger partial charge in [0.1, 0.15) is 0 Å². The molecule has 0 N–H and O–H groups in total. The minimum atomic E-state index is 1.11. The summed E-state index contributed by atoms with van der Waals surface area (Å²) < 4.78 is 4.88. The molecule has 63 heavy (non-hydrogen) atoms. The van der Waals surface area contributed by atoms with Crippen molar-refractivity contribution >= 4 is 49.2 Å². The van der Waals surface area contributed by atoms with Crippen molar-refractivity contribution in [2.45, 2.75) is 6.92 Å². The zero-order chi connectivity index (χ0) is 42.3. The van der Waals surface area contributed by atoms with Crippen LogP contribution >= 0.6 is 0 Å². The van der Waals surface area contributed by atoms with Crippen LogP contribution in [-0.4, -0.2) is 9.13 Å². The lowest BCUT2D eigenvalue weighted by Crippen LogP contribution is -1.97. The number of para-hydroxylation sites is 2. The molecule has 2 nitrogen and oxygen atoms in total. The van der Waals surface area contributed by atoms with Gasteiger partial charge in [0, 0.05) is 32.9 Å². The fourth-order valence-electron chi connectivity index (χ4n) is 9.45. The average molecular weight is 805 g/mol. The summed E-state index contributed by atoms with van der Waals surface area (Å²) in [7, 11) is 0. The van der Waals surface area contributed by atoms with Crippen molar-refractivity contribution in [1.29, 1.82) is 0 Å². The van der Waals surface area contributed by atoms with E-state index < -0.39 is 0 Å². The molecule has 0 unspecified atom stereocenters. The summed E-state index contributed by atoms with van der Waals surface area (Å²) in [5.41, 5.74) is 18.7. The van der Waals surface area contributed by atoms with Crippen LogP contribution in [-0.2, 0) is 0 Å². The van der Waals surface area contributed by atoms with Crippen LogP contribution < -0.4 is 0 Å². The van der Waals surface area contributed by atoms with Crippen LogP contribution in [0.15, 0.2) is 243 Å². The van der Waals surface area contributed by atoms with Crippen molar-refractivity contribution in [3.05, 3.63) is 249 Å². The van der Waals surface area contributed by atoms with Gasteiger partial charge in [-0.15, -0.1) is 0 Å². The maximum absolute atomic E-state index is 4.04. The van der Waals surface area contributed by atoms with Crippen molar-refractivity contribution in [2.75, 3.05) is 0 Å². The number of allylic oxidation sites excluding steroid dienone is 5. The molecule has 2 aromatic heterocycles. The molecule has 0 amide bonds. The molecule has 0 saturated carbocycles. The first-order valence-electron chi connectivity index (χ1n) is 21.6. The fourth-order valence-corrected chi connectivity index (χ4v) is 9.45. The van der Waals surface area contributed by atoms with Crippen molar-refractivity contribution in [2.24, 2.45) is 0 Å². The molecule has 11 rings (SSSR count). The van der Waals surface area contributed by atoms with Crippen molar-refractivity contribution in [3.8, 4) is 55.9 Å². The standard InChI is InChI=1S/C61H44N2/c1-3-18-42(19-4-2)48-34-49(43-20-8-5-9-21-43)37-52(36-48)62-59-29-17-15-27-55(59)57-40-46(31-33-60(57)62)47-30-32-56-54-26-14-16-28-58(54)63(61(56)41-47)53-38-50(44-22-10-6-11-23-44)35-51(39-53)45-24-12-7-13-25-45/h3-41H,1H2,2H3/b19-4-,42-18+. The largest absolute Gasteiger partial charge is 0.309 e. The zero-order valence-electron chi connectivity index (χ0n) is 35.1. The molecule has 298 valence electrons. The van der Waals surface area contributed by atoms with Gasteiger partial charge in [0.2, 0.25) is 0 Å². The minimum absolute atomic E-state index is 1.11. The first-order chi connectivity index (χ1) is 31.1. The van der Waals surface area contributed by atoms with E-state index in [4.69, 9.17) is 0 Å². The van der Waals surface area contributed by atoms with Gasteiger partial charge in [-0.3, -0.25) is 0 Å². The maximum Gasteiger partial charge on any atom is 0.0547 e. The second-order valence-electron chi connectivity index (χ2n) is 16.2. The zero-order valence-corrected chi connectivity index (χ0v) is 35.1. The average Bonchev–Trinajstić information content (AvgIpc) is 3.87. The Kier molecular flexibility index (Phi) is 9.60. The molecule has 0 saturated heterocycles. The Morgan fingerprint density at radius 1 is 0.365 bits per heavy atom. The van der Waals surface area contributed by atoms with E-state index in [0.29, 0.717) is 0 Å². The molecule has 0 atom stereocenters. The van der Waals surface area contributed by atoms with Crippen LogP contribution in [0.1, 0.15) is 12.5 Å². The van der Waals surface area contributed by atoms with Crippen LogP contribution in [0.25, 0.3) is 105 Å². The Labute approximate surface area is 368 Å². The Morgan fingerprint density at radius 3 is 1.41 bits per heavy atom. The summed E-state index contributed by atoms with van der Waals surface area (Å²) in [6, 6.07) is 77.6. The van der Waals surface area contributed by atoms with Gasteiger partial charge in [-0.2, -0.15) is 0 Å². The van der Waals surface area contributed by atoms with E-state index in [1.165, 1.54) is 82.6 Å². The van der Waals surface area contributed by atoms with E-state index in [1.54, 1.807) is 0 Å². The molecule has 11 aromatic rings. The lowest BCUT2D eigenvalue weighted by Gasteiger charge is -2.15. The third-order valence-corrected chi connectivity index (χ3v) is 12.3. The first kappa shape index (κ1) is 37.8. The molecule has 0 radical (unpaired) electrons. The van der Waals surface area contributed by atoms with Crippen molar-refractivity contribution in [3.63, 3.8) is 0 Å². The normalized spacial score (nSPS) is 12.0. The maximum atomic E-state index is 4.04. The van der Waals surface area contributed by atoms with Crippen molar-refractivity contribution in [1.82, 2.24) is 9.13 Å². The number of hydrogen-bond donors (Lipinski definition) is 0. The van der Waals surface area contributed by atoms with Gasteiger partial charge in [-0.05, 0) is 129 Å². The molecule has 0 bridgehead atoms. The summed E-state index contributed by atoms with van der Waals surface area (Å²) in [5, 5.41) is 4.91. The molecule has 2 heterocycles. The second-order valence-corrected chi connectivity index (χ2v) is 16.2. The fraction of sp³-hybridized carbons (Fsp3) is 0.0164. The number of nitrogens with zero attached hydrogens (tertiary/aromatic N) is 2. The van der Waals surface area contributed by atoms with E-state index in [0.717, 1.165) is 28.0 Å². The summed E-state index contributed by atoms with van der Waals surface area (Å²) in [6.07, 6.45) is 8.20. The monoisotopic (exact) mass is 804 g/mol. The smallest absolute Gasteiger partial charge is 0.0547 e. The summed E-state index contributed by atoms with van der Waals surface area (Å²) in [5.74, 6) is 0. The SMILES string of the molecule is C=C/C=C(\C=C/C)c1cc(-c2ccccc2)cc(-n2c3ccccc3c3cc(-c4ccc5c6ccccc6n(-c6cc(-c7ccccc7)cc(-c7ccccc7)c6)c5c4)ccc32)c1. The first-order valence-corrected chi connectivity index (χ1v) is 21.6. The van der Waals surface area contributed by atoms with Crippen LogP contribution in [0.5, 0.6) is 0 Å². The third kappa shape index (κ3) is 6.79. The van der Waals surface area contributed by atoms with Crippen molar-refractivity contribution < 1.29 is 0 Å². The molecule has 0 spiro atoms. The highest BCUT2D eigenvalue weighted by molar-refractivity contribution is 6.12. The molecular formula is C61H44N2. The van der Waals surface area contributed by atoms with Gasteiger partial charge in [0.15, 0.2) is 0 Å². The summed E-state index contributed by atoms with van der Waals surface area (Å²) in [4.78, 5) is 0. The summed E-state index contributed by atoms with van der Waals surface area (Å²) >= 11 is 0. The van der Waals surface area contributed by atoms with Gasteiger partial charge in [0.25, 0.3) is 0 Å². The van der Waals surface area contributed by atoms with Gasteiger partial charge in [-0.25, -0.2) is 0 Å². The molecule has 0 aliphatic rings. The predicted molar refractivity (Wildman–Crippen MR) is 270 cm³/mol. The number of hydrogen-bond acceptors (Lipinski definition) is 0. The number of rotatable bonds is 9. The van der Waals surface area contributed by atoms with Crippen LogP contribution in [0.2, 0.25) is 0 Å². The van der Waals surface area contributed by atoms with Crippen LogP contribution in [0.4, 0.5) is 0 Å². The minimum Gasteiger partial charge on any atom is -0.309 e. The third-order valence-electron chi connectivity index (χ3n) is 12.3. The van der Waals surface area contributed by atoms with E-state index in [2.05, 4.69) is 253 Å². The molecule has 2 heteroatoms. The van der Waals surface area contributed by atoms with Crippen LogP contribution in [0.3, 0.4) is 0 Å². The van der Waals surface area contributed by atoms with Gasteiger partial charge < -0.3 is 9.13 Å². The van der Waals surface area contributed by atoms with Gasteiger partial charge >= 0.3 is 0 Å². The second kappa shape index (κ2) is 16.0. The lowest BCUT2D eigenvalue weighted by atomic mass is 9.97. The quantitative estimate of drug-likeness (QED) is 0.129. The van der Waals surface area contributed by atoms with E-state index in [9.17, 15) is 0 Å². The molecule has 9 aromatic carbocycles. The topological polar surface area (TPSA) is 9.86 Å². The number of aromatic nitrogens is 2. The highest BCUT2D eigenvalue weighted by atomic mass is 15.0. The highest BCUT2D eigenvalue weighted by Gasteiger charge is 2.18.